The predicted molar refractivity (Wildman–Crippen MR) is 118 cm³/mol. The van der Waals surface area contributed by atoms with Gasteiger partial charge in [0, 0.05) is 10.2 Å². The Morgan fingerprint density at radius 2 is 1.94 bits per heavy atom. The Balaban J connectivity index is 1.70. The summed E-state index contributed by atoms with van der Waals surface area (Å²) in [6.45, 7) is 0. The van der Waals surface area contributed by atoms with E-state index in [0.717, 1.165) is 30.0 Å². The predicted octanol–water partition coefficient (Wildman–Crippen LogP) is 5.54. The number of sulfone groups is 1. The molecule has 12 heteroatoms. The second kappa shape index (κ2) is 8.24. The lowest BCUT2D eigenvalue weighted by Gasteiger charge is -2.28. The van der Waals surface area contributed by atoms with Crippen molar-refractivity contribution in [1.82, 2.24) is 0 Å². The molecule has 2 atom stereocenters. The fourth-order valence-electron chi connectivity index (χ4n) is 3.57. The molecule has 0 unspecified atom stereocenters. The molecular weight excluding hydrogens is 544 g/mol. The number of nitrogens with zero attached hydrogens (tertiary/aromatic N) is 2. The highest BCUT2D eigenvalue weighted by atomic mass is 79.9. The molecule has 0 spiro atoms. The summed E-state index contributed by atoms with van der Waals surface area (Å²) >= 11 is 10.5. The molecule has 1 fully saturated rings. The molecule has 166 valence electrons. The molecule has 31 heavy (non-hydrogen) atoms. The highest BCUT2D eigenvalue weighted by Gasteiger charge is 2.48. The average Bonchev–Trinajstić information content (AvgIpc) is 3.11. The van der Waals surface area contributed by atoms with Crippen molar-refractivity contribution in [2.45, 2.75) is 24.0 Å². The molecular formula is C19H14BrClF4N2O2S2. The number of anilines is 1. The Labute approximate surface area is 193 Å². The molecule has 1 saturated heterocycles. The standard InChI is InChI=1S/C19H14BrClF4N2O2S2/c20-12-3-1-10(14(22)6-12)7-30-18-26-15-8-31(28,29)9-17(15)27(18)16-5-11(19(23,24)25)2-4-13(16)21/h1-6,15,17H,7-9H2/t15-,17-/m1/s1. The molecule has 2 heterocycles. The fourth-order valence-corrected chi connectivity index (χ4v) is 7.06. The van der Waals surface area contributed by atoms with Crippen molar-refractivity contribution in [2.75, 3.05) is 16.4 Å². The number of rotatable bonds is 3. The maximum absolute atomic E-state index is 14.2. The smallest absolute Gasteiger partial charge is 0.313 e. The van der Waals surface area contributed by atoms with E-state index in [9.17, 15) is 26.0 Å². The molecule has 0 saturated carbocycles. The van der Waals surface area contributed by atoms with E-state index in [1.165, 1.54) is 11.0 Å². The third-order valence-electron chi connectivity index (χ3n) is 5.01. The van der Waals surface area contributed by atoms with Crippen LogP contribution in [0.4, 0.5) is 23.2 Å². The van der Waals surface area contributed by atoms with Crippen molar-refractivity contribution in [2.24, 2.45) is 4.99 Å². The van der Waals surface area contributed by atoms with Crippen LogP contribution in [0.3, 0.4) is 0 Å². The summed E-state index contributed by atoms with van der Waals surface area (Å²) in [6.07, 6.45) is -4.59. The van der Waals surface area contributed by atoms with E-state index in [0.29, 0.717) is 15.2 Å². The Morgan fingerprint density at radius 1 is 1.19 bits per heavy atom. The van der Waals surface area contributed by atoms with Gasteiger partial charge in [-0.1, -0.05) is 45.4 Å². The van der Waals surface area contributed by atoms with Gasteiger partial charge in [0.1, 0.15) is 5.82 Å². The quantitative estimate of drug-likeness (QED) is 0.466. The maximum Gasteiger partial charge on any atom is 0.416 e. The van der Waals surface area contributed by atoms with E-state index in [1.807, 2.05) is 0 Å². The van der Waals surface area contributed by atoms with E-state index in [4.69, 9.17) is 11.6 Å². The molecule has 2 aliphatic rings. The number of aliphatic imine (C=N–C) groups is 1. The van der Waals surface area contributed by atoms with Crippen LogP contribution >= 0.6 is 39.3 Å². The summed E-state index contributed by atoms with van der Waals surface area (Å²) in [7, 11) is -3.39. The number of amidine groups is 1. The molecule has 0 bridgehead atoms. The van der Waals surface area contributed by atoms with Gasteiger partial charge in [-0.3, -0.25) is 4.99 Å². The molecule has 2 aliphatic heterocycles. The van der Waals surface area contributed by atoms with Crippen LogP contribution in [0.2, 0.25) is 5.02 Å². The summed E-state index contributed by atoms with van der Waals surface area (Å²) in [5, 5.41) is 0.356. The molecule has 2 aromatic carbocycles. The molecule has 0 aliphatic carbocycles. The highest BCUT2D eigenvalue weighted by molar-refractivity contribution is 9.10. The lowest BCUT2D eigenvalue weighted by Crippen LogP contribution is -2.39. The van der Waals surface area contributed by atoms with E-state index >= 15 is 0 Å². The Kier molecular flexibility index (Phi) is 6.08. The number of hydrogen-bond acceptors (Lipinski definition) is 5. The van der Waals surface area contributed by atoms with Gasteiger partial charge in [-0.15, -0.1) is 0 Å². The van der Waals surface area contributed by atoms with Gasteiger partial charge in [-0.2, -0.15) is 13.2 Å². The zero-order valence-corrected chi connectivity index (χ0v) is 19.5. The second-order valence-electron chi connectivity index (χ2n) is 7.18. The Morgan fingerprint density at radius 3 is 2.61 bits per heavy atom. The first-order valence-corrected chi connectivity index (χ1v) is 12.9. The van der Waals surface area contributed by atoms with Crippen molar-refractivity contribution in [3.05, 3.63) is 62.8 Å². The maximum atomic E-state index is 14.2. The monoisotopic (exact) mass is 556 g/mol. The molecule has 4 rings (SSSR count). The molecule has 0 N–H and O–H groups in total. The van der Waals surface area contributed by atoms with Crippen LogP contribution in [0.5, 0.6) is 0 Å². The number of hydrogen-bond donors (Lipinski definition) is 0. The SMILES string of the molecule is O=S1(=O)C[C@@H]2[C@@H](C1)N=C(SCc1ccc(Br)cc1F)N2c1cc(C(F)(F)F)ccc1Cl. The zero-order chi connectivity index (χ0) is 22.6. The van der Waals surface area contributed by atoms with Crippen LogP contribution in [0, 0.1) is 5.82 Å². The summed E-state index contributed by atoms with van der Waals surface area (Å²) in [5.74, 6) is -0.713. The van der Waals surface area contributed by atoms with Crippen LogP contribution in [0.25, 0.3) is 0 Å². The Bertz CT molecular complexity index is 1170. The summed E-state index contributed by atoms with van der Waals surface area (Å²) in [5.41, 5.74) is -0.487. The minimum Gasteiger partial charge on any atom is -0.313 e. The Hall–Kier alpha value is -1.30. The van der Waals surface area contributed by atoms with E-state index in [2.05, 4.69) is 20.9 Å². The highest BCUT2D eigenvalue weighted by Crippen LogP contribution is 2.41. The molecule has 0 radical (unpaired) electrons. The van der Waals surface area contributed by atoms with Crippen molar-refractivity contribution in [3.8, 4) is 0 Å². The number of benzene rings is 2. The minimum absolute atomic E-state index is 0.0311. The van der Waals surface area contributed by atoms with Crippen molar-refractivity contribution in [1.29, 1.82) is 0 Å². The van der Waals surface area contributed by atoms with Gasteiger partial charge < -0.3 is 4.90 Å². The molecule has 2 aromatic rings. The van der Waals surface area contributed by atoms with Crippen LogP contribution in [-0.4, -0.2) is 37.2 Å². The zero-order valence-electron chi connectivity index (χ0n) is 15.5. The van der Waals surface area contributed by atoms with Crippen LogP contribution in [0.15, 0.2) is 45.9 Å². The number of alkyl halides is 3. The summed E-state index contributed by atoms with van der Waals surface area (Å²) in [4.78, 5) is 5.91. The number of fused-ring (bicyclic) bond motifs is 1. The first-order chi connectivity index (χ1) is 14.4. The largest absolute Gasteiger partial charge is 0.416 e. The van der Waals surface area contributed by atoms with Crippen molar-refractivity contribution < 1.29 is 26.0 Å². The molecule has 4 nitrogen and oxygen atoms in total. The average molecular weight is 558 g/mol. The van der Waals surface area contributed by atoms with Crippen LogP contribution < -0.4 is 4.90 Å². The number of halogens is 6. The first-order valence-electron chi connectivity index (χ1n) is 8.95. The van der Waals surface area contributed by atoms with Gasteiger partial charge in [0.2, 0.25) is 0 Å². The van der Waals surface area contributed by atoms with Gasteiger partial charge >= 0.3 is 6.18 Å². The first kappa shape index (κ1) is 22.9. The summed E-state index contributed by atoms with van der Waals surface area (Å²) in [6, 6.07) is 6.20. The fraction of sp³-hybridized carbons (Fsp3) is 0.316. The molecule has 0 aromatic heterocycles. The third kappa shape index (κ3) is 4.74. The van der Waals surface area contributed by atoms with Gasteiger partial charge in [0.15, 0.2) is 15.0 Å². The lowest BCUT2D eigenvalue weighted by atomic mass is 10.1. The lowest BCUT2D eigenvalue weighted by molar-refractivity contribution is -0.137. The van der Waals surface area contributed by atoms with Gasteiger partial charge in [-0.05, 0) is 35.9 Å². The molecule has 0 amide bonds. The second-order valence-corrected chi connectivity index (χ2v) is 11.6. The normalized spacial score (nSPS) is 22.5. The van der Waals surface area contributed by atoms with Gasteiger partial charge in [-0.25, -0.2) is 12.8 Å². The van der Waals surface area contributed by atoms with Crippen LogP contribution in [-0.2, 0) is 21.8 Å². The van der Waals surface area contributed by atoms with E-state index in [1.54, 1.807) is 12.1 Å². The minimum atomic E-state index is -4.59. The number of thioether (sulfide) groups is 1. The van der Waals surface area contributed by atoms with Gasteiger partial charge in [0.25, 0.3) is 0 Å². The van der Waals surface area contributed by atoms with Crippen LogP contribution in [0.1, 0.15) is 11.1 Å². The van der Waals surface area contributed by atoms with E-state index in [-0.39, 0.29) is 28.0 Å². The topological polar surface area (TPSA) is 49.7 Å². The van der Waals surface area contributed by atoms with Gasteiger partial charge in [0.05, 0.1) is 39.9 Å². The third-order valence-corrected chi connectivity index (χ3v) is 8.54. The summed E-state index contributed by atoms with van der Waals surface area (Å²) < 4.78 is 78.9. The van der Waals surface area contributed by atoms with Crippen molar-refractivity contribution in [3.63, 3.8) is 0 Å². The van der Waals surface area contributed by atoms with E-state index < -0.39 is 39.5 Å². The van der Waals surface area contributed by atoms with Crippen molar-refractivity contribution >= 4 is 60.0 Å².